The fourth-order valence-corrected chi connectivity index (χ4v) is 1.01. The van der Waals surface area contributed by atoms with Crippen LogP contribution in [0, 0.1) is 17.0 Å². The number of ether oxygens (including phenoxy) is 1. The van der Waals surface area contributed by atoms with E-state index in [9.17, 15) is 10.1 Å². The lowest BCUT2D eigenvalue weighted by Crippen LogP contribution is -1.91. The molecule has 0 saturated heterocycles. The quantitative estimate of drug-likeness (QED) is 0.542. The molecule has 1 aromatic heterocycles. The highest BCUT2D eigenvalue weighted by molar-refractivity contribution is 5.49. The first-order chi connectivity index (χ1) is 6.61. The summed E-state index contributed by atoms with van der Waals surface area (Å²) in [6.45, 7) is 1.80. The monoisotopic (exact) mass is 194 g/mol. The van der Waals surface area contributed by atoms with Crippen molar-refractivity contribution in [3.05, 3.63) is 39.7 Å². The summed E-state index contributed by atoms with van der Waals surface area (Å²) >= 11 is 0. The van der Waals surface area contributed by atoms with Gasteiger partial charge in [-0.1, -0.05) is 0 Å². The summed E-state index contributed by atoms with van der Waals surface area (Å²) < 4.78 is 4.93. The number of hydrogen-bond donors (Lipinski definition) is 0. The first-order valence-corrected chi connectivity index (χ1v) is 3.96. The molecule has 14 heavy (non-hydrogen) atoms. The van der Waals surface area contributed by atoms with Gasteiger partial charge in [0.1, 0.15) is 0 Å². The van der Waals surface area contributed by atoms with E-state index < -0.39 is 4.92 Å². The van der Waals surface area contributed by atoms with Crippen molar-refractivity contribution in [3.63, 3.8) is 0 Å². The average molecular weight is 194 g/mol. The van der Waals surface area contributed by atoms with Gasteiger partial charge in [-0.25, -0.2) is 4.98 Å². The third kappa shape index (κ3) is 2.85. The van der Waals surface area contributed by atoms with Gasteiger partial charge in [0.15, 0.2) is 0 Å². The van der Waals surface area contributed by atoms with E-state index in [1.54, 1.807) is 19.1 Å². The molecule has 0 aliphatic heterocycles. The molecule has 74 valence electrons. The number of aryl methyl sites for hydroxylation is 1. The van der Waals surface area contributed by atoms with E-state index in [0.29, 0.717) is 11.4 Å². The second kappa shape index (κ2) is 4.36. The number of methoxy groups -OCH3 is 1. The lowest BCUT2D eigenvalue weighted by molar-refractivity contribution is -0.400. The Bertz CT molecular complexity index is 374. The van der Waals surface area contributed by atoms with E-state index >= 15 is 0 Å². The van der Waals surface area contributed by atoms with Gasteiger partial charge in [-0.05, 0) is 18.6 Å². The van der Waals surface area contributed by atoms with Crippen molar-refractivity contribution in [2.45, 2.75) is 6.92 Å². The fourth-order valence-electron chi connectivity index (χ4n) is 1.01. The fraction of sp³-hybridized carbons (Fsp3) is 0.222. The molecule has 0 N–H and O–H groups in total. The van der Waals surface area contributed by atoms with E-state index in [1.165, 1.54) is 13.2 Å². The molecule has 1 aromatic rings. The first-order valence-electron chi connectivity index (χ1n) is 3.96. The second-order valence-electron chi connectivity index (χ2n) is 2.69. The van der Waals surface area contributed by atoms with Crippen LogP contribution < -0.4 is 4.74 Å². The number of nitrogens with zero attached hydrogens (tertiary/aromatic N) is 2. The van der Waals surface area contributed by atoms with Gasteiger partial charge in [-0.3, -0.25) is 10.1 Å². The van der Waals surface area contributed by atoms with Crippen LogP contribution >= 0.6 is 0 Å². The minimum atomic E-state index is -0.512. The zero-order valence-corrected chi connectivity index (χ0v) is 7.93. The third-order valence-corrected chi connectivity index (χ3v) is 1.55. The van der Waals surface area contributed by atoms with Crippen molar-refractivity contribution in [3.8, 4) is 5.88 Å². The van der Waals surface area contributed by atoms with Crippen LogP contribution in [0.4, 0.5) is 0 Å². The Morgan fingerprint density at radius 3 is 2.86 bits per heavy atom. The molecule has 0 aliphatic carbocycles. The predicted octanol–water partition coefficient (Wildman–Crippen LogP) is 1.65. The summed E-state index contributed by atoms with van der Waals surface area (Å²) in [6.07, 6.45) is 2.28. The maximum Gasteiger partial charge on any atom is 0.235 e. The van der Waals surface area contributed by atoms with Crippen LogP contribution in [0.2, 0.25) is 0 Å². The second-order valence-corrected chi connectivity index (χ2v) is 2.69. The Kier molecular flexibility index (Phi) is 3.17. The molecule has 0 spiro atoms. The van der Waals surface area contributed by atoms with E-state index in [-0.39, 0.29) is 0 Å². The number of aromatic nitrogens is 1. The molecule has 0 atom stereocenters. The first kappa shape index (κ1) is 10.2. The molecule has 1 heterocycles. The molecule has 0 aromatic carbocycles. The lowest BCUT2D eigenvalue weighted by atomic mass is 10.2. The number of hydrogen-bond acceptors (Lipinski definition) is 4. The molecule has 0 unspecified atom stereocenters. The average Bonchev–Trinajstić information content (AvgIpc) is 2.14. The normalized spacial score (nSPS) is 10.4. The van der Waals surface area contributed by atoms with Crippen molar-refractivity contribution in [1.29, 1.82) is 0 Å². The summed E-state index contributed by atoms with van der Waals surface area (Å²) in [7, 11) is 1.50. The zero-order chi connectivity index (χ0) is 10.6. The SMILES string of the molecule is COc1cc(/C=C/[N+](=O)[O-])cc(C)n1. The van der Waals surface area contributed by atoms with Gasteiger partial charge in [-0.15, -0.1) is 0 Å². The molecule has 5 nitrogen and oxygen atoms in total. The summed E-state index contributed by atoms with van der Waals surface area (Å²) in [4.78, 5) is 13.6. The zero-order valence-electron chi connectivity index (χ0n) is 7.93. The highest BCUT2D eigenvalue weighted by Gasteiger charge is 1.98. The van der Waals surface area contributed by atoms with Gasteiger partial charge >= 0.3 is 0 Å². The van der Waals surface area contributed by atoms with Crippen molar-refractivity contribution >= 4 is 6.08 Å². The summed E-state index contributed by atoms with van der Waals surface area (Å²) in [5.74, 6) is 0.452. The number of pyridine rings is 1. The topological polar surface area (TPSA) is 65.3 Å². The van der Waals surface area contributed by atoms with Crippen LogP contribution in [-0.4, -0.2) is 17.0 Å². The molecule has 5 heteroatoms. The minimum absolute atomic E-state index is 0.452. The minimum Gasteiger partial charge on any atom is -0.481 e. The van der Waals surface area contributed by atoms with Crippen LogP contribution in [0.15, 0.2) is 18.3 Å². The van der Waals surface area contributed by atoms with E-state index in [4.69, 9.17) is 4.74 Å². The van der Waals surface area contributed by atoms with Crippen LogP contribution in [0.25, 0.3) is 6.08 Å². The third-order valence-electron chi connectivity index (χ3n) is 1.55. The Morgan fingerprint density at radius 2 is 2.29 bits per heavy atom. The van der Waals surface area contributed by atoms with Crippen molar-refractivity contribution in [2.75, 3.05) is 7.11 Å². The van der Waals surface area contributed by atoms with Crippen LogP contribution in [-0.2, 0) is 0 Å². The van der Waals surface area contributed by atoms with Gasteiger partial charge in [0.25, 0.3) is 0 Å². The summed E-state index contributed by atoms with van der Waals surface area (Å²) in [6, 6.07) is 3.37. The standard InChI is InChI=1S/C9H10N2O3/c1-7-5-8(3-4-11(12)13)6-9(10-7)14-2/h3-6H,1-2H3/b4-3+. The van der Waals surface area contributed by atoms with Crippen LogP contribution in [0.5, 0.6) is 5.88 Å². The largest absolute Gasteiger partial charge is 0.481 e. The van der Waals surface area contributed by atoms with Gasteiger partial charge < -0.3 is 4.74 Å². The molecule has 0 radical (unpaired) electrons. The van der Waals surface area contributed by atoms with Gasteiger partial charge in [0.2, 0.25) is 12.1 Å². The number of nitro groups is 1. The summed E-state index contributed by atoms with van der Waals surface area (Å²) in [5, 5.41) is 10.1. The number of rotatable bonds is 3. The molecule has 0 bridgehead atoms. The highest BCUT2D eigenvalue weighted by Crippen LogP contribution is 2.12. The Morgan fingerprint density at radius 1 is 1.57 bits per heavy atom. The molecule has 1 rings (SSSR count). The Hall–Kier alpha value is -1.91. The Labute approximate surface area is 81.2 Å². The van der Waals surface area contributed by atoms with Gasteiger partial charge in [0.05, 0.1) is 12.0 Å². The van der Waals surface area contributed by atoms with E-state index in [0.717, 1.165) is 11.9 Å². The maximum atomic E-state index is 10.1. The molecule has 0 aliphatic rings. The van der Waals surface area contributed by atoms with Crippen LogP contribution in [0.1, 0.15) is 11.3 Å². The predicted molar refractivity (Wildman–Crippen MR) is 51.6 cm³/mol. The van der Waals surface area contributed by atoms with Gasteiger partial charge in [-0.2, -0.15) is 0 Å². The van der Waals surface area contributed by atoms with Crippen molar-refractivity contribution in [2.24, 2.45) is 0 Å². The molecule has 0 fully saturated rings. The van der Waals surface area contributed by atoms with Gasteiger partial charge in [0, 0.05) is 17.8 Å². The Balaban J connectivity index is 2.97. The maximum absolute atomic E-state index is 10.1. The summed E-state index contributed by atoms with van der Waals surface area (Å²) in [5.41, 5.74) is 1.46. The lowest BCUT2D eigenvalue weighted by Gasteiger charge is -2.01. The van der Waals surface area contributed by atoms with E-state index in [1.807, 2.05) is 0 Å². The molecule has 0 amide bonds. The molecule has 0 saturated carbocycles. The highest BCUT2D eigenvalue weighted by atomic mass is 16.6. The van der Waals surface area contributed by atoms with Crippen LogP contribution in [0.3, 0.4) is 0 Å². The molecular formula is C9H10N2O3. The van der Waals surface area contributed by atoms with E-state index in [2.05, 4.69) is 4.98 Å². The van der Waals surface area contributed by atoms with Crippen molar-refractivity contribution in [1.82, 2.24) is 4.98 Å². The molecular weight excluding hydrogens is 184 g/mol. The van der Waals surface area contributed by atoms with Crippen molar-refractivity contribution < 1.29 is 9.66 Å². The smallest absolute Gasteiger partial charge is 0.235 e.